The van der Waals surface area contributed by atoms with Gasteiger partial charge in [-0.05, 0) is 6.92 Å². The van der Waals surface area contributed by atoms with Crippen LogP contribution in [-0.4, -0.2) is 55.1 Å². The van der Waals surface area contributed by atoms with Crippen LogP contribution in [-0.2, 0) is 16.1 Å². The van der Waals surface area contributed by atoms with Crippen LogP contribution < -0.4 is 10.6 Å². The summed E-state index contributed by atoms with van der Waals surface area (Å²) in [7, 11) is 3.15. The molecule has 1 rings (SSSR count). The van der Waals surface area contributed by atoms with E-state index in [4.69, 9.17) is 9.47 Å². The zero-order valence-corrected chi connectivity index (χ0v) is 11.6. The number of aliphatic hydroxyl groups is 1. The Morgan fingerprint density at radius 2 is 1.89 bits per heavy atom. The highest BCUT2D eigenvalue weighted by molar-refractivity contribution is 5.47. The minimum atomic E-state index is -0.576. The predicted octanol–water partition coefficient (Wildman–Crippen LogP) is 0.474. The lowest BCUT2D eigenvalue weighted by Gasteiger charge is -2.13. The number of hydrogen-bond acceptors (Lipinski definition) is 7. The first-order chi connectivity index (χ1) is 9.19. The molecule has 0 bridgehead atoms. The van der Waals surface area contributed by atoms with Crippen molar-refractivity contribution >= 4 is 11.6 Å². The molecule has 108 valence electrons. The monoisotopic (exact) mass is 270 g/mol. The lowest BCUT2D eigenvalue weighted by molar-refractivity contribution is 0.0727. The van der Waals surface area contributed by atoms with E-state index >= 15 is 0 Å². The minimum absolute atomic E-state index is 0.281. The number of aromatic nitrogens is 2. The molecule has 7 nitrogen and oxygen atoms in total. The van der Waals surface area contributed by atoms with Gasteiger partial charge in [0.1, 0.15) is 18.2 Å². The lowest BCUT2D eigenvalue weighted by atomic mass is 10.3. The number of rotatable bonds is 9. The highest BCUT2D eigenvalue weighted by atomic mass is 16.5. The van der Waals surface area contributed by atoms with Gasteiger partial charge < -0.3 is 25.2 Å². The standard InChI is InChI=1S/C12H22N4O3/c1-4-13-10-5-11(14-6-9(17)7-18-2)16-12(15-10)8-19-3/h5,9,17H,4,6-8H2,1-3H3,(H2,13,14,15,16). The highest BCUT2D eigenvalue weighted by Crippen LogP contribution is 2.12. The van der Waals surface area contributed by atoms with Gasteiger partial charge >= 0.3 is 0 Å². The van der Waals surface area contributed by atoms with Crippen LogP contribution >= 0.6 is 0 Å². The van der Waals surface area contributed by atoms with Crippen LogP contribution in [0, 0.1) is 0 Å². The number of aliphatic hydroxyl groups excluding tert-OH is 1. The van der Waals surface area contributed by atoms with Crippen molar-refractivity contribution < 1.29 is 14.6 Å². The molecule has 0 saturated carbocycles. The van der Waals surface area contributed by atoms with E-state index < -0.39 is 6.10 Å². The first-order valence-electron chi connectivity index (χ1n) is 6.21. The van der Waals surface area contributed by atoms with Crippen molar-refractivity contribution in [3.05, 3.63) is 11.9 Å². The molecular formula is C12H22N4O3. The maximum absolute atomic E-state index is 9.58. The van der Waals surface area contributed by atoms with E-state index in [0.29, 0.717) is 24.8 Å². The number of nitrogens with one attached hydrogen (secondary N) is 2. The van der Waals surface area contributed by atoms with Crippen molar-refractivity contribution in [2.75, 3.05) is 44.5 Å². The maximum Gasteiger partial charge on any atom is 0.158 e. The molecule has 0 fully saturated rings. The van der Waals surface area contributed by atoms with Crippen molar-refractivity contribution in [2.45, 2.75) is 19.6 Å². The molecule has 7 heteroatoms. The van der Waals surface area contributed by atoms with Crippen LogP contribution in [0.25, 0.3) is 0 Å². The molecule has 1 unspecified atom stereocenters. The van der Waals surface area contributed by atoms with Gasteiger partial charge in [-0.2, -0.15) is 0 Å². The average Bonchev–Trinajstić information content (AvgIpc) is 2.37. The van der Waals surface area contributed by atoms with Crippen LogP contribution in [0.4, 0.5) is 11.6 Å². The smallest absolute Gasteiger partial charge is 0.158 e. The highest BCUT2D eigenvalue weighted by Gasteiger charge is 2.07. The van der Waals surface area contributed by atoms with Gasteiger partial charge in [0.05, 0.1) is 12.7 Å². The summed E-state index contributed by atoms with van der Waals surface area (Å²) in [6.45, 7) is 3.75. The van der Waals surface area contributed by atoms with Crippen LogP contribution in [0.2, 0.25) is 0 Å². The van der Waals surface area contributed by atoms with Gasteiger partial charge in [-0.25, -0.2) is 9.97 Å². The van der Waals surface area contributed by atoms with Gasteiger partial charge in [-0.1, -0.05) is 0 Å². The van der Waals surface area contributed by atoms with E-state index in [9.17, 15) is 5.11 Å². The lowest BCUT2D eigenvalue weighted by Crippen LogP contribution is -2.24. The second kappa shape index (κ2) is 8.63. The molecular weight excluding hydrogens is 248 g/mol. The molecule has 0 aromatic carbocycles. The molecule has 0 aliphatic carbocycles. The fourth-order valence-corrected chi connectivity index (χ4v) is 1.53. The van der Waals surface area contributed by atoms with Crippen molar-refractivity contribution in [3.8, 4) is 0 Å². The molecule has 0 aliphatic rings. The van der Waals surface area contributed by atoms with E-state index in [-0.39, 0.29) is 6.61 Å². The Labute approximate surface area is 113 Å². The minimum Gasteiger partial charge on any atom is -0.389 e. The molecule has 1 aromatic rings. The van der Waals surface area contributed by atoms with Crippen LogP contribution in [0.5, 0.6) is 0 Å². The predicted molar refractivity (Wildman–Crippen MR) is 73.3 cm³/mol. The van der Waals surface area contributed by atoms with Crippen molar-refractivity contribution in [1.82, 2.24) is 9.97 Å². The van der Waals surface area contributed by atoms with E-state index in [0.717, 1.165) is 12.4 Å². The Morgan fingerprint density at radius 3 is 2.47 bits per heavy atom. The third-order valence-electron chi connectivity index (χ3n) is 2.28. The SMILES string of the molecule is CCNc1cc(NCC(O)COC)nc(COC)n1. The largest absolute Gasteiger partial charge is 0.389 e. The first-order valence-corrected chi connectivity index (χ1v) is 6.21. The molecule has 1 atom stereocenters. The van der Waals surface area contributed by atoms with Gasteiger partial charge in [0, 0.05) is 33.4 Å². The summed E-state index contributed by atoms with van der Waals surface area (Å²) in [5, 5.41) is 15.8. The molecule has 0 saturated heterocycles. The maximum atomic E-state index is 9.58. The van der Waals surface area contributed by atoms with Gasteiger partial charge in [-0.3, -0.25) is 0 Å². The molecule has 0 radical (unpaired) electrons. The van der Waals surface area contributed by atoms with Crippen LogP contribution in [0.1, 0.15) is 12.7 Å². The second-order valence-corrected chi connectivity index (χ2v) is 4.01. The van der Waals surface area contributed by atoms with E-state index in [2.05, 4.69) is 20.6 Å². The summed E-state index contributed by atoms with van der Waals surface area (Å²) in [5.41, 5.74) is 0. The van der Waals surface area contributed by atoms with E-state index in [1.807, 2.05) is 6.92 Å². The van der Waals surface area contributed by atoms with E-state index in [1.54, 1.807) is 20.3 Å². The summed E-state index contributed by atoms with van der Waals surface area (Å²) in [6, 6.07) is 1.79. The second-order valence-electron chi connectivity index (χ2n) is 4.01. The topological polar surface area (TPSA) is 88.5 Å². The van der Waals surface area contributed by atoms with Crippen LogP contribution in [0.15, 0.2) is 6.07 Å². The molecule has 0 amide bonds. The quantitative estimate of drug-likeness (QED) is 0.601. The number of ether oxygens (including phenoxy) is 2. The average molecular weight is 270 g/mol. The molecule has 0 aliphatic heterocycles. The molecule has 19 heavy (non-hydrogen) atoms. The van der Waals surface area contributed by atoms with Gasteiger partial charge in [0.2, 0.25) is 0 Å². The number of anilines is 2. The third kappa shape index (κ3) is 5.82. The summed E-state index contributed by atoms with van der Waals surface area (Å²) in [4.78, 5) is 8.60. The van der Waals surface area contributed by atoms with Crippen molar-refractivity contribution in [3.63, 3.8) is 0 Å². The Kier molecular flexibility index (Phi) is 7.09. The molecule has 0 spiro atoms. The first kappa shape index (κ1) is 15.6. The summed E-state index contributed by atoms with van der Waals surface area (Å²) in [6.07, 6.45) is -0.576. The Hall–Kier alpha value is -1.44. The zero-order chi connectivity index (χ0) is 14.1. The fraction of sp³-hybridized carbons (Fsp3) is 0.667. The van der Waals surface area contributed by atoms with Crippen LogP contribution in [0.3, 0.4) is 0 Å². The third-order valence-corrected chi connectivity index (χ3v) is 2.28. The summed E-state index contributed by atoms with van der Waals surface area (Å²) in [5.74, 6) is 1.96. The number of nitrogens with zero attached hydrogens (tertiary/aromatic N) is 2. The molecule has 3 N–H and O–H groups in total. The van der Waals surface area contributed by atoms with E-state index in [1.165, 1.54) is 0 Å². The Bertz CT molecular complexity index is 352. The van der Waals surface area contributed by atoms with Crippen molar-refractivity contribution in [1.29, 1.82) is 0 Å². The zero-order valence-electron chi connectivity index (χ0n) is 11.6. The molecule has 1 aromatic heterocycles. The van der Waals surface area contributed by atoms with Gasteiger partial charge in [-0.15, -0.1) is 0 Å². The number of hydrogen-bond donors (Lipinski definition) is 3. The normalized spacial score (nSPS) is 12.2. The summed E-state index contributed by atoms with van der Waals surface area (Å²) < 4.78 is 9.89. The Morgan fingerprint density at radius 1 is 1.21 bits per heavy atom. The fourth-order valence-electron chi connectivity index (χ4n) is 1.53. The van der Waals surface area contributed by atoms with Crippen molar-refractivity contribution in [2.24, 2.45) is 0 Å². The van der Waals surface area contributed by atoms with Gasteiger partial charge in [0.25, 0.3) is 0 Å². The summed E-state index contributed by atoms with van der Waals surface area (Å²) >= 11 is 0. The molecule has 1 heterocycles. The van der Waals surface area contributed by atoms with Gasteiger partial charge in [0.15, 0.2) is 5.82 Å². The Balaban J connectivity index is 2.69. The number of methoxy groups -OCH3 is 2.